The van der Waals surface area contributed by atoms with Crippen LogP contribution < -0.4 is 10.1 Å². The molecular weight excluding hydrogens is 248 g/mol. The van der Waals surface area contributed by atoms with E-state index in [0.29, 0.717) is 6.04 Å². The van der Waals surface area contributed by atoms with Gasteiger partial charge < -0.3 is 10.1 Å². The van der Waals surface area contributed by atoms with E-state index in [1.807, 2.05) is 26.2 Å². The molecule has 0 aliphatic heterocycles. The van der Waals surface area contributed by atoms with Gasteiger partial charge in [0.05, 0.1) is 12.3 Å². The first-order valence-corrected chi connectivity index (χ1v) is 8.04. The lowest BCUT2D eigenvalue weighted by Gasteiger charge is -2.22. The zero-order chi connectivity index (χ0) is 14.4. The van der Waals surface area contributed by atoms with Crippen LogP contribution in [0.3, 0.4) is 0 Å². The minimum absolute atomic E-state index is 0.194. The first kappa shape index (κ1) is 15.3. The lowest BCUT2D eigenvalue weighted by Crippen LogP contribution is -2.23. The summed E-state index contributed by atoms with van der Waals surface area (Å²) in [5, 5.41) is 3.61. The van der Waals surface area contributed by atoms with E-state index in [9.17, 15) is 0 Å². The molecular formula is C17H28N2O. The molecule has 1 aliphatic carbocycles. The third kappa shape index (κ3) is 4.48. The summed E-state index contributed by atoms with van der Waals surface area (Å²) in [6.45, 7) is 7.26. The van der Waals surface area contributed by atoms with Gasteiger partial charge in [-0.2, -0.15) is 0 Å². The van der Waals surface area contributed by atoms with E-state index >= 15 is 0 Å². The topological polar surface area (TPSA) is 34.2 Å². The fraction of sp³-hybridized carbons (Fsp3) is 0.706. The van der Waals surface area contributed by atoms with Crippen molar-refractivity contribution >= 4 is 0 Å². The fourth-order valence-electron chi connectivity index (χ4n) is 3.13. The zero-order valence-electron chi connectivity index (χ0n) is 13.1. The van der Waals surface area contributed by atoms with Crippen LogP contribution in [0.15, 0.2) is 18.5 Å². The summed E-state index contributed by atoms with van der Waals surface area (Å²) in [5.41, 5.74) is 1.26. The highest BCUT2D eigenvalue weighted by atomic mass is 16.5. The van der Waals surface area contributed by atoms with Crippen LogP contribution in [0.5, 0.6) is 5.75 Å². The normalized spacial score (nSPS) is 17.6. The van der Waals surface area contributed by atoms with Crippen molar-refractivity contribution in [3.63, 3.8) is 0 Å². The van der Waals surface area contributed by atoms with Gasteiger partial charge in [-0.3, -0.25) is 4.98 Å². The predicted molar refractivity (Wildman–Crippen MR) is 83.0 cm³/mol. The maximum Gasteiger partial charge on any atom is 0.138 e. The van der Waals surface area contributed by atoms with E-state index in [2.05, 4.69) is 23.3 Å². The molecule has 1 aromatic rings. The number of ether oxygens (including phenoxy) is 1. The third-order valence-corrected chi connectivity index (χ3v) is 4.00. The van der Waals surface area contributed by atoms with Crippen LogP contribution in [0.25, 0.3) is 0 Å². The highest BCUT2D eigenvalue weighted by Gasteiger charge is 2.21. The van der Waals surface area contributed by atoms with Gasteiger partial charge >= 0.3 is 0 Å². The molecule has 112 valence electrons. The molecule has 1 atom stereocenters. The van der Waals surface area contributed by atoms with E-state index in [1.54, 1.807) is 0 Å². The average Bonchev–Trinajstić information content (AvgIpc) is 2.91. The van der Waals surface area contributed by atoms with Gasteiger partial charge in [-0.1, -0.05) is 32.6 Å². The number of aromatic nitrogens is 1. The number of hydrogen-bond donors (Lipinski definition) is 1. The number of rotatable bonds is 7. The van der Waals surface area contributed by atoms with Gasteiger partial charge in [-0.05, 0) is 44.4 Å². The maximum absolute atomic E-state index is 5.76. The Kier molecular flexibility index (Phi) is 5.84. The molecule has 0 radical (unpaired) electrons. The average molecular weight is 276 g/mol. The lowest BCUT2D eigenvalue weighted by atomic mass is 9.94. The van der Waals surface area contributed by atoms with E-state index < -0.39 is 0 Å². The summed E-state index contributed by atoms with van der Waals surface area (Å²) in [5.74, 6) is 1.75. The minimum Gasteiger partial charge on any atom is -0.489 e. The molecule has 3 nitrogen and oxygen atoms in total. The largest absolute Gasteiger partial charge is 0.489 e. The van der Waals surface area contributed by atoms with Crippen molar-refractivity contribution in [1.82, 2.24) is 10.3 Å². The Morgan fingerprint density at radius 3 is 2.70 bits per heavy atom. The van der Waals surface area contributed by atoms with Crippen molar-refractivity contribution in [2.24, 2.45) is 5.92 Å². The third-order valence-electron chi connectivity index (χ3n) is 4.00. The van der Waals surface area contributed by atoms with Gasteiger partial charge in [-0.25, -0.2) is 0 Å². The molecule has 1 fully saturated rings. The molecule has 2 rings (SSSR count). The van der Waals surface area contributed by atoms with Crippen molar-refractivity contribution in [1.29, 1.82) is 0 Å². The van der Waals surface area contributed by atoms with Gasteiger partial charge in [0.15, 0.2) is 0 Å². The van der Waals surface area contributed by atoms with Crippen molar-refractivity contribution in [3.05, 3.63) is 24.0 Å². The number of nitrogens with one attached hydrogen (secondary N) is 1. The molecule has 3 heteroatoms. The van der Waals surface area contributed by atoms with Crippen molar-refractivity contribution in [2.45, 2.75) is 65.0 Å². The van der Waals surface area contributed by atoms with Crippen molar-refractivity contribution in [3.8, 4) is 5.75 Å². The quantitative estimate of drug-likeness (QED) is 0.814. The van der Waals surface area contributed by atoms with Crippen molar-refractivity contribution < 1.29 is 4.74 Å². The Morgan fingerprint density at radius 2 is 2.05 bits per heavy atom. The van der Waals surface area contributed by atoms with Crippen LogP contribution in [0.4, 0.5) is 0 Å². The van der Waals surface area contributed by atoms with Crippen LogP contribution >= 0.6 is 0 Å². The Hall–Kier alpha value is -1.09. The molecule has 0 bridgehead atoms. The smallest absolute Gasteiger partial charge is 0.138 e. The SMILES string of the molecule is CCNC(CC1CCCC1)c1cncc(OC(C)C)c1. The summed E-state index contributed by atoms with van der Waals surface area (Å²) in [4.78, 5) is 4.35. The monoisotopic (exact) mass is 276 g/mol. The molecule has 0 amide bonds. The first-order valence-electron chi connectivity index (χ1n) is 8.04. The minimum atomic E-state index is 0.194. The second-order valence-corrected chi connectivity index (χ2v) is 6.12. The Balaban J connectivity index is 2.06. The number of pyridine rings is 1. The first-order chi connectivity index (χ1) is 9.69. The predicted octanol–water partition coefficient (Wildman–Crippen LogP) is 4.10. The summed E-state index contributed by atoms with van der Waals surface area (Å²) in [7, 11) is 0. The van der Waals surface area contributed by atoms with Gasteiger partial charge in [0.2, 0.25) is 0 Å². The lowest BCUT2D eigenvalue weighted by molar-refractivity contribution is 0.241. The molecule has 1 aromatic heterocycles. The fourth-order valence-corrected chi connectivity index (χ4v) is 3.13. The highest BCUT2D eigenvalue weighted by molar-refractivity contribution is 5.26. The molecule has 1 unspecified atom stereocenters. The van der Waals surface area contributed by atoms with E-state index in [-0.39, 0.29) is 6.10 Å². The molecule has 1 aliphatic rings. The Labute approximate surface area is 123 Å². The summed E-state index contributed by atoms with van der Waals surface area (Å²) in [6.07, 6.45) is 10.8. The van der Waals surface area contributed by atoms with Gasteiger partial charge in [-0.15, -0.1) is 0 Å². The second kappa shape index (κ2) is 7.63. The summed E-state index contributed by atoms with van der Waals surface area (Å²) in [6, 6.07) is 2.56. The van der Waals surface area contributed by atoms with Crippen molar-refractivity contribution in [2.75, 3.05) is 6.54 Å². The summed E-state index contributed by atoms with van der Waals surface area (Å²) >= 11 is 0. The highest BCUT2D eigenvalue weighted by Crippen LogP contribution is 2.33. The van der Waals surface area contributed by atoms with Crippen LogP contribution in [0.2, 0.25) is 0 Å². The van der Waals surface area contributed by atoms with Gasteiger partial charge in [0.25, 0.3) is 0 Å². The summed E-state index contributed by atoms with van der Waals surface area (Å²) < 4.78 is 5.76. The zero-order valence-corrected chi connectivity index (χ0v) is 13.1. The van der Waals surface area contributed by atoms with Gasteiger partial charge in [0, 0.05) is 12.2 Å². The molecule has 1 N–H and O–H groups in total. The molecule has 0 spiro atoms. The molecule has 20 heavy (non-hydrogen) atoms. The van der Waals surface area contributed by atoms with E-state index in [4.69, 9.17) is 4.74 Å². The number of nitrogens with zero attached hydrogens (tertiary/aromatic N) is 1. The molecule has 1 heterocycles. The molecule has 1 saturated carbocycles. The number of hydrogen-bond acceptors (Lipinski definition) is 3. The van der Waals surface area contributed by atoms with E-state index in [0.717, 1.165) is 18.2 Å². The standard InChI is InChI=1S/C17H28N2O/c1-4-19-17(9-14-7-5-6-8-14)15-10-16(12-18-11-15)20-13(2)3/h10-14,17,19H,4-9H2,1-3H3. The molecule has 0 saturated heterocycles. The second-order valence-electron chi connectivity index (χ2n) is 6.12. The van der Waals surface area contributed by atoms with Crippen LogP contribution in [0.1, 0.15) is 64.5 Å². The van der Waals surface area contributed by atoms with E-state index in [1.165, 1.54) is 37.7 Å². The van der Waals surface area contributed by atoms with Crippen LogP contribution in [-0.4, -0.2) is 17.6 Å². The Bertz CT molecular complexity index is 400. The van der Waals surface area contributed by atoms with Crippen LogP contribution in [-0.2, 0) is 0 Å². The molecule has 0 aromatic carbocycles. The maximum atomic E-state index is 5.76. The Morgan fingerprint density at radius 1 is 1.30 bits per heavy atom. The van der Waals surface area contributed by atoms with Gasteiger partial charge in [0.1, 0.15) is 5.75 Å². The van der Waals surface area contributed by atoms with Crippen LogP contribution in [0, 0.1) is 5.92 Å².